The van der Waals surface area contributed by atoms with Gasteiger partial charge in [-0.05, 0) is 30.0 Å². The fourth-order valence-electron chi connectivity index (χ4n) is 0.702. The Morgan fingerprint density at radius 2 is 2.23 bits per heavy atom. The average molecular weight is 204 g/mol. The predicted octanol–water partition coefficient (Wildman–Crippen LogP) is 2.02. The lowest BCUT2D eigenvalue weighted by molar-refractivity contribution is 0.233. The zero-order chi connectivity index (χ0) is 9.68. The van der Waals surface area contributed by atoms with Crippen LogP contribution < -0.4 is 11.1 Å². The normalized spacial score (nSPS) is 9.69. The average Bonchev–Trinajstić information content (AvgIpc) is 2.04. The molecule has 1 amide bonds. The molecule has 1 rings (SSSR count). The van der Waals surface area contributed by atoms with Crippen LogP contribution >= 0.6 is 11.8 Å². The first kappa shape index (κ1) is 9.94. The van der Waals surface area contributed by atoms with Crippen LogP contribution in [0.3, 0.4) is 0 Å². The maximum Gasteiger partial charge on any atom is 0.299 e. The van der Waals surface area contributed by atoms with Crippen molar-refractivity contribution < 1.29 is 13.7 Å². The van der Waals surface area contributed by atoms with E-state index in [0.717, 1.165) is 5.65 Å². The number of hydrogen-bond donors (Lipinski definition) is 2. The molecule has 13 heavy (non-hydrogen) atoms. The van der Waals surface area contributed by atoms with Crippen molar-refractivity contribution in [2.24, 2.45) is 0 Å². The van der Waals surface area contributed by atoms with Gasteiger partial charge in [0.15, 0.2) is 0 Å². The molecule has 1 aromatic rings. The molecular formula is C7H6F2N2OS. The molecular weight excluding hydrogens is 198 g/mol. The van der Waals surface area contributed by atoms with Gasteiger partial charge in [-0.1, -0.05) is 11.7 Å². The Labute approximate surface area is 77.4 Å². The minimum absolute atomic E-state index is 0.410. The fourth-order valence-corrected chi connectivity index (χ4v) is 1.32. The van der Waals surface area contributed by atoms with Crippen LogP contribution in [0, 0.1) is 5.82 Å². The summed E-state index contributed by atoms with van der Waals surface area (Å²) in [6, 6.07) is 5.46. The lowest BCUT2D eigenvalue weighted by Gasteiger charge is -1.99. The van der Waals surface area contributed by atoms with Gasteiger partial charge in [0.05, 0.1) is 0 Å². The zero-order valence-electron chi connectivity index (χ0n) is 6.38. The van der Waals surface area contributed by atoms with Crippen LogP contribution in [0.25, 0.3) is 0 Å². The van der Waals surface area contributed by atoms with Crippen molar-refractivity contribution in [1.82, 2.24) is 11.1 Å². The topological polar surface area (TPSA) is 41.1 Å². The Balaban J connectivity index is 2.58. The van der Waals surface area contributed by atoms with Gasteiger partial charge in [0, 0.05) is 4.90 Å². The quantitative estimate of drug-likeness (QED) is 0.440. The van der Waals surface area contributed by atoms with Crippen molar-refractivity contribution in [2.75, 3.05) is 0 Å². The number of carbonyl (C=O) groups excluding carboxylic acids is 1. The molecule has 0 aliphatic rings. The van der Waals surface area contributed by atoms with Crippen LogP contribution in [-0.4, -0.2) is 5.24 Å². The number of hydrogen-bond acceptors (Lipinski definition) is 3. The van der Waals surface area contributed by atoms with E-state index in [4.69, 9.17) is 0 Å². The van der Waals surface area contributed by atoms with Crippen molar-refractivity contribution in [1.29, 1.82) is 0 Å². The van der Waals surface area contributed by atoms with Gasteiger partial charge >= 0.3 is 0 Å². The van der Waals surface area contributed by atoms with E-state index in [1.165, 1.54) is 18.2 Å². The molecule has 6 heteroatoms. The molecule has 3 nitrogen and oxygen atoms in total. The first-order valence-corrected chi connectivity index (χ1v) is 4.13. The second kappa shape index (κ2) is 4.78. The molecule has 0 saturated carbocycles. The van der Waals surface area contributed by atoms with Crippen molar-refractivity contribution in [3.8, 4) is 0 Å². The molecule has 0 bridgehead atoms. The van der Waals surface area contributed by atoms with Crippen LogP contribution in [0.1, 0.15) is 0 Å². The molecule has 0 fully saturated rings. The summed E-state index contributed by atoms with van der Waals surface area (Å²) in [6.07, 6.45) is 0. The number of halogens is 2. The molecule has 0 aliphatic carbocycles. The summed E-state index contributed by atoms with van der Waals surface area (Å²) in [5.41, 5.74) is 2.69. The van der Waals surface area contributed by atoms with Crippen LogP contribution in [0.2, 0.25) is 0 Å². The highest BCUT2D eigenvalue weighted by atomic mass is 32.2. The maximum absolute atomic E-state index is 12.6. The standard InChI is InChI=1S/C7H6F2N2OS/c8-5-2-1-3-6(4-5)13-7(12)10-11-9/h1-4,11H,(H,10,12). The van der Waals surface area contributed by atoms with Gasteiger partial charge < -0.3 is 0 Å². The van der Waals surface area contributed by atoms with E-state index in [0.29, 0.717) is 16.7 Å². The fraction of sp³-hybridized carbons (Fsp3) is 0. The van der Waals surface area contributed by atoms with Gasteiger partial charge in [0.25, 0.3) is 5.24 Å². The van der Waals surface area contributed by atoms with E-state index in [9.17, 15) is 13.7 Å². The minimum Gasteiger partial charge on any atom is -0.260 e. The van der Waals surface area contributed by atoms with Crippen molar-refractivity contribution in [2.45, 2.75) is 4.90 Å². The first-order chi connectivity index (χ1) is 6.22. The number of benzene rings is 1. The third-order valence-corrected chi connectivity index (χ3v) is 1.93. The highest BCUT2D eigenvalue weighted by Crippen LogP contribution is 2.18. The first-order valence-electron chi connectivity index (χ1n) is 3.31. The molecule has 2 N–H and O–H groups in total. The van der Waals surface area contributed by atoms with Gasteiger partial charge in [-0.25, -0.2) is 4.39 Å². The van der Waals surface area contributed by atoms with E-state index >= 15 is 0 Å². The second-order valence-electron chi connectivity index (χ2n) is 2.07. The predicted molar refractivity (Wildman–Crippen MR) is 45.0 cm³/mol. The van der Waals surface area contributed by atoms with Crippen molar-refractivity contribution in [3.05, 3.63) is 30.1 Å². The Morgan fingerprint density at radius 3 is 2.85 bits per heavy atom. The highest BCUT2D eigenvalue weighted by molar-refractivity contribution is 8.13. The molecule has 0 saturated heterocycles. The Bertz CT molecular complexity index is 308. The summed E-state index contributed by atoms with van der Waals surface area (Å²) in [7, 11) is 0. The number of amides is 1. The molecule has 1 aromatic carbocycles. The smallest absolute Gasteiger partial charge is 0.260 e. The molecule has 0 atom stereocenters. The van der Waals surface area contributed by atoms with Crippen molar-refractivity contribution in [3.63, 3.8) is 0 Å². The maximum atomic E-state index is 12.6. The summed E-state index contributed by atoms with van der Waals surface area (Å²) >= 11 is 0.690. The monoisotopic (exact) mass is 204 g/mol. The number of thioether (sulfide) groups is 1. The summed E-state index contributed by atoms with van der Waals surface area (Å²) in [6.45, 7) is 0. The molecule has 0 aliphatic heterocycles. The lowest BCUT2D eigenvalue weighted by atomic mass is 10.4. The lowest BCUT2D eigenvalue weighted by Crippen LogP contribution is -2.27. The molecule has 0 spiro atoms. The van der Waals surface area contributed by atoms with Crippen LogP contribution in [0.15, 0.2) is 29.2 Å². The number of carbonyl (C=O) groups is 1. The van der Waals surface area contributed by atoms with Gasteiger partial charge in [-0.3, -0.25) is 10.2 Å². The Hall–Kier alpha value is -1.14. The third-order valence-electron chi connectivity index (χ3n) is 1.16. The van der Waals surface area contributed by atoms with E-state index in [-0.39, 0.29) is 0 Å². The highest BCUT2D eigenvalue weighted by Gasteiger charge is 2.03. The number of rotatable bonds is 2. The minimum atomic E-state index is -0.645. The third kappa shape index (κ3) is 3.39. The molecule has 0 unspecified atom stereocenters. The van der Waals surface area contributed by atoms with E-state index in [2.05, 4.69) is 0 Å². The van der Waals surface area contributed by atoms with Crippen LogP contribution in [-0.2, 0) is 0 Å². The van der Waals surface area contributed by atoms with Crippen LogP contribution in [0.5, 0.6) is 0 Å². The van der Waals surface area contributed by atoms with Gasteiger partial charge in [0.2, 0.25) is 0 Å². The molecule has 0 radical (unpaired) electrons. The Kier molecular flexibility index (Phi) is 3.66. The van der Waals surface area contributed by atoms with Crippen molar-refractivity contribution >= 4 is 17.0 Å². The molecule has 70 valence electrons. The summed E-state index contributed by atoms with van der Waals surface area (Å²) in [4.78, 5) is 11.2. The largest absolute Gasteiger partial charge is 0.299 e. The van der Waals surface area contributed by atoms with E-state index in [1.54, 1.807) is 11.5 Å². The zero-order valence-corrected chi connectivity index (χ0v) is 7.20. The van der Waals surface area contributed by atoms with E-state index < -0.39 is 11.1 Å². The van der Waals surface area contributed by atoms with E-state index in [1.807, 2.05) is 0 Å². The SMILES string of the molecule is O=C(NNF)Sc1cccc(F)c1. The van der Waals surface area contributed by atoms with Gasteiger partial charge in [-0.2, -0.15) is 0 Å². The second-order valence-corrected chi connectivity index (χ2v) is 3.11. The summed E-state index contributed by atoms with van der Waals surface area (Å²) in [5, 5.41) is -0.645. The van der Waals surface area contributed by atoms with Gasteiger partial charge in [0.1, 0.15) is 5.82 Å². The Morgan fingerprint density at radius 1 is 1.46 bits per heavy atom. The summed E-state index contributed by atoms with van der Waals surface area (Å²) in [5.74, 6) is -0.439. The molecule has 0 aromatic heterocycles. The number of hydrazine groups is 1. The van der Waals surface area contributed by atoms with Gasteiger partial charge in [-0.15, -0.1) is 4.48 Å². The molecule has 0 heterocycles. The number of nitrogens with one attached hydrogen (secondary N) is 2. The summed E-state index contributed by atoms with van der Waals surface area (Å²) < 4.78 is 23.9. The van der Waals surface area contributed by atoms with Crippen LogP contribution in [0.4, 0.5) is 13.7 Å².